The summed E-state index contributed by atoms with van der Waals surface area (Å²) in [5.74, 6) is 1.24. The number of aryl methyl sites for hydroxylation is 1. The van der Waals surface area contributed by atoms with Gasteiger partial charge in [-0.25, -0.2) is 4.79 Å². The van der Waals surface area contributed by atoms with Crippen molar-refractivity contribution in [1.29, 1.82) is 0 Å². The van der Waals surface area contributed by atoms with Gasteiger partial charge in [0.05, 0.1) is 6.04 Å². The fourth-order valence-corrected chi connectivity index (χ4v) is 5.35. The molecule has 2 N–H and O–H groups in total. The van der Waals surface area contributed by atoms with E-state index >= 15 is 0 Å². The number of hydrogen-bond donors (Lipinski definition) is 2. The molecule has 1 saturated carbocycles. The summed E-state index contributed by atoms with van der Waals surface area (Å²) < 4.78 is 4.84. The Hall–Kier alpha value is -2.50. The summed E-state index contributed by atoms with van der Waals surface area (Å²) in [6.45, 7) is 13.0. The van der Waals surface area contributed by atoms with Crippen LogP contribution in [-0.4, -0.2) is 41.1 Å². The number of H-pyrrole nitrogens is 1. The van der Waals surface area contributed by atoms with Gasteiger partial charge in [-0.05, 0) is 77.0 Å². The van der Waals surface area contributed by atoms with Gasteiger partial charge in [0.25, 0.3) is 0 Å². The van der Waals surface area contributed by atoms with Gasteiger partial charge in [-0.3, -0.25) is 4.79 Å². The molecule has 1 atom stereocenters. The number of nitrogens with zero attached hydrogens (tertiary/aromatic N) is 1. The van der Waals surface area contributed by atoms with Gasteiger partial charge in [-0.1, -0.05) is 44.7 Å². The van der Waals surface area contributed by atoms with Crippen LogP contribution < -0.4 is 5.32 Å². The molecule has 0 bridgehead atoms. The van der Waals surface area contributed by atoms with Gasteiger partial charge >= 0.3 is 6.09 Å². The average Bonchev–Trinajstić information content (AvgIpc) is 3.17. The van der Waals surface area contributed by atoms with Crippen LogP contribution in [0, 0.1) is 18.8 Å². The van der Waals surface area contributed by atoms with Crippen molar-refractivity contribution in [3.05, 3.63) is 35.0 Å². The molecule has 1 fully saturated rings. The third-order valence-corrected chi connectivity index (χ3v) is 6.94. The van der Waals surface area contributed by atoms with E-state index in [0.717, 1.165) is 32.2 Å². The molecule has 1 aliphatic carbocycles. The first-order valence-corrected chi connectivity index (χ1v) is 13.3. The first-order valence-electron chi connectivity index (χ1n) is 13.3. The predicted molar refractivity (Wildman–Crippen MR) is 143 cm³/mol. The van der Waals surface area contributed by atoms with E-state index in [-0.39, 0.29) is 23.7 Å². The number of aromatic nitrogens is 1. The van der Waals surface area contributed by atoms with Crippen LogP contribution in [0.5, 0.6) is 0 Å². The molecule has 6 nitrogen and oxygen atoms in total. The minimum atomic E-state index is -0.389. The number of alkyl carbamates (subject to hydrolysis) is 1. The molecule has 0 saturated heterocycles. The van der Waals surface area contributed by atoms with Crippen LogP contribution in [0.4, 0.5) is 4.79 Å². The Labute approximate surface area is 211 Å². The van der Waals surface area contributed by atoms with E-state index < -0.39 is 0 Å². The highest BCUT2D eigenvalue weighted by atomic mass is 16.6. The third kappa shape index (κ3) is 7.02. The molecule has 2 aliphatic rings. The minimum Gasteiger partial charge on any atom is -0.444 e. The molecule has 1 aromatic heterocycles. The SMILES string of the molecule is CNC(=O)OC(C)(C)C.Cc1ccc2[nH]c3c(c2c1)CCN(C(=O)C1CCCCC1)C3CC(C)C. The van der Waals surface area contributed by atoms with E-state index in [9.17, 15) is 9.59 Å². The third-order valence-electron chi connectivity index (χ3n) is 6.94. The lowest BCUT2D eigenvalue weighted by Gasteiger charge is -2.39. The first kappa shape index (κ1) is 27.1. The molecular weight excluding hydrogens is 438 g/mol. The van der Waals surface area contributed by atoms with Gasteiger partial charge in [0.1, 0.15) is 5.60 Å². The van der Waals surface area contributed by atoms with Crippen molar-refractivity contribution >= 4 is 22.9 Å². The van der Waals surface area contributed by atoms with Gasteiger partial charge in [0, 0.05) is 36.1 Å². The lowest BCUT2D eigenvalue weighted by atomic mass is 9.85. The van der Waals surface area contributed by atoms with E-state index in [1.807, 2.05) is 20.8 Å². The Balaban J connectivity index is 0.000000327. The van der Waals surface area contributed by atoms with Gasteiger partial charge in [-0.2, -0.15) is 0 Å². The number of benzene rings is 1. The van der Waals surface area contributed by atoms with Crippen LogP contribution >= 0.6 is 0 Å². The highest BCUT2D eigenvalue weighted by Crippen LogP contribution is 2.40. The second kappa shape index (κ2) is 11.5. The van der Waals surface area contributed by atoms with Crippen molar-refractivity contribution in [1.82, 2.24) is 15.2 Å². The first-order chi connectivity index (χ1) is 16.5. The zero-order valence-corrected chi connectivity index (χ0v) is 22.8. The highest BCUT2D eigenvalue weighted by Gasteiger charge is 2.36. The fourth-order valence-electron chi connectivity index (χ4n) is 5.35. The van der Waals surface area contributed by atoms with Crippen molar-refractivity contribution < 1.29 is 14.3 Å². The number of amides is 2. The quantitative estimate of drug-likeness (QED) is 0.512. The second-order valence-corrected chi connectivity index (χ2v) is 11.6. The van der Waals surface area contributed by atoms with E-state index in [4.69, 9.17) is 4.74 Å². The Morgan fingerprint density at radius 1 is 1.17 bits per heavy atom. The van der Waals surface area contributed by atoms with E-state index in [2.05, 4.69) is 54.2 Å². The smallest absolute Gasteiger partial charge is 0.407 e. The number of carbonyl (C=O) groups is 2. The topological polar surface area (TPSA) is 74.4 Å². The summed E-state index contributed by atoms with van der Waals surface area (Å²) in [5, 5.41) is 3.72. The zero-order valence-electron chi connectivity index (χ0n) is 22.8. The second-order valence-electron chi connectivity index (χ2n) is 11.6. The van der Waals surface area contributed by atoms with Gasteiger partial charge in [-0.15, -0.1) is 0 Å². The van der Waals surface area contributed by atoms with Gasteiger partial charge in [0.2, 0.25) is 5.91 Å². The lowest BCUT2D eigenvalue weighted by molar-refractivity contribution is -0.140. The molecule has 35 heavy (non-hydrogen) atoms. The maximum atomic E-state index is 13.3. The normalized spacial score (nSPS) is 18.6. The summed E-state index contributed by atoms with van der Waals surface area (Å²) in [7, 11) is 1.54. The number of carbonyl (C=O) groups excluding carboxylic acids is 2. The Morgan fingerprint density at radius 3 is 2.43 bits per heavy atom. The van der Waals surface area contributed by atoms with Crippen LogP contribution in [0.15, 0.2) is 18.2 Å². The van der Waals surface area contributed by atoms with Crippen LogP contribution in [0.3, 0.4) is 0 Å². The Kier molecular flexibility index (Phi) is 8.89. The average molecular weight is 484 g/mol. The molecular formula is C29H45N3O3. The van der Waals surface area contributed by atoms with E-state index in [1.54, 1.807) is 0 Å². The fraction of sp³-hybridized carbons (Fsp3) is 0.655. The van der Waals surface area contributed by atoms with E-state index in [0.29, 0.717) is 11.8 Å². The van der Waals surface area contributed by atoms with Crippen molar-refractivity contribution in [3.8, 4) is 0 Å². The van der Waals surface area contributed by atoms with Crippen LogP contribution in [0.25, 0.3) is 10.9 Å². The molecule has 6 heteroatoms. The molecule has 2 amide bonds. The summed E-state index contributed by atoms with van der Waals surface area (Å²) >= 11 is 0. The molecule has 1 unspecified atom stereocenters. The van der Waals surface area contributed by atoms with Gasteiger partial charge < -0.3 is 19.9 Å². The maximum Gasteiger partial charge on any atom is 0.407 e. The molecule has 0 radical (unpaired) electrons. The lowest BCUT2D eigenvalue weighted by Crippen LogP contribution is -2.44. The van der Waals surface area contributed by atoms with E-state index in [1.165, 1.54) is 54.0 Å². The van der Waals surface area contributed by atoms with Crippen molar-refractivity contribution in [3.63, 3.8) is 0 Å². The number of rotatable bonds is 3. The number of hydrogen-bond acceptors (Lipinski definition) is 3. The van der Waals surface area contributed by atoms with Crippen molar-refractivity contribution in [2.24, 2.45) is 11.8 Å². The Bertz CT molecular complexity index is 1010. The Morgan fingerprint density at radius 2 is 1.86 bits per heavy atom. The summed E-state index contributed by atoms with van der Waals surface area (Å²) in [6.07, 6.45) is 7.53. The largest absolute Gasteiger partial charge is 0.444 e. The van der Waals surface area contributed by atoms with Crippen LogP contribution in [-0.2, 0) is 16.0 Å². The van der Waals surface area contributed by atoms with Gasteiger partial charge in [0.15, 0.2) is 0 Å². The zero-order chi connectivity index (χ0) is 25.8. The predicted octanol–water partition coefficient (Wildman–Crippen LogP) is 6.67. The molecule has 2 heterocycles. The molecule has 4 rings (SSSR count). The summed E-state index contributed by atoms with van der Waals surface area (Å²) in [5.41, 5.74) is 4.89. The maximum absolute atomic E-state index is 13.3. The minimum absolute atomic E-state index is 0.209. The number of fused-ring (bicyclic) bond motifs is 3. The molecule has 194 valence electrons. The van der Waals surface area contributed by atoms with Crippen LogP contribution in [0.2, 0.25) is 0 Å². The molecule has 1 aromatic carbocycles. The molecule has 0 spiro atoms. The molecule has 1 aliphatic heterocycles. The molecule has 2 aromatic rings. The highest BCUT2D eigenvalue weighted by molar-refractivity contribution is 5.87. The number of ether oxygens (including phenoxy) is 1. The van der Waals surface area contributed by atoms with Crippen molar-refractivity contribution in [2.75, 3.05) is 13.6 Å². The number of aromatic amines is 1. The standard InChI is InChI=1S/C23H32N2O.C6H13NO2/c1-15(2)13-21-22-18(19-14-16(3)9-10-20(19)24-22)11-12-25(21)23(26)17-7-5-4-6-8-17;1-6(2,3)9-5(8)7-4/h9-10,14-15,17,21,24H,4-8,11-13H2,1-3H3;1-4H3,(H,7,8). The van der Waals surface area contributed by atoms with Crippen LogP contribution in [0.1, 0.15) is 96.0 Å². The summed E-state index contributed by atoms with van der Waals surface area (Å²) in [4.78, 5) is 29.7. The monoisotopic (exact) mass is 483 g/mol. The van der Waals surface area contributed by atoms with Crippen molar-refractivity contribution in [2.45, 2.75) is 98.1 Å². The summed E-state index contributed by atoms with van der Waals surface area (Å²) in [6, 6.07) is 6.88. The number of nitrogens with one attached hydrogen (secondary N) is 2.